The number of guanidine groups is 1. The molecule has 1 heterocycles. The highest BCUT2D eigenvalue weighted by Crippen LogP contribution is 2.17. The average Bonchev–Trinajstić information content (AvgIpc) is 3.17. The van der Waals surface area contributed by atoms with E-state index in [1.165, 1.54) is 6.07 Å². The van der Waals surface area contributed by atoms with E-state index >= 15 is 0 Å². The van der Waals surface area contributed by atoms with Gasteiger partial charge in [-0.3, -0.25) is 4.99 Å². The maximum absolute atomic E-state index is 13.7. The van der Waals surface area contributed by atoms with Gasteiger partial charge >= 0.3 is 0 Å². The second-order valence-electron chi connectivity index (χ2n) is 6.17. The number of aliphatic imine (C=N–C) groups is 1. The van der Waals surface area contributed by atoms with E-state index in [-0.39, 0.29) is 23.8 Å². The minimum Gasteiger partial charge on any atom is -0.486 e. The van der Waals surface area contributed by atoms with Gasteiger partial charge in [-0.25, -0.2) is 4.39 Å². The van der Waals surface area contributed by atoms with Crippen molar-refractivity contribution in [2.45, 2.75) is 38.4 Å². The van der Waals surface area contributed by atoms with Gasteiger partial charge in [-0.2, -0.15) is 0 Å². The van der Waals surface area contributed by atoms with E-state index in [9.17, 15) is 4.39 Å². The van der Waals surface area contributed by atoms with Gasteiger partial charge in [0, 0.05) is 26.8 Å². The Hall–Kier alpha value is -1.86. The molecule has 1 fully saturated rings. The molecule has 2 N–H and O–H groups in total. The highest BCUT2D eigenvalue weighted by atomic mass is 19.1. The second-order valence-corrected chi connectivity index (χ2v) is 6.17. The van der Waals surface area contributed by atoms with Gasteiger partial charge in [0.05, 0.1) is 19.3 Å². The van der Waals surface area contributed by atoms with Crippen molar-refractivity contribution in [1.29, 1.82) is 0 Å². The molecule has 0 amide bonds. The number of ether oxygens (including phenoxy) is 3. The summed E-state index contributed by atoms with van der Waals surface area (Å²) in [6.45, 7) is 5.52. The molecule has 1 saturated heterocycles. The molecule has 2 atom stereocenters. The van der Waals surface area contributed by atoms with Gasteiger partial charge in [-0.15, -0.1) is 0 Å². The summed E-state index contributed by atoms with van der Waals surface area (Å²) in [5, 5.41) is 6.47. The van der Waals surface area contributed by atoms with Gasteiger partial charge in [0.15, 0.2) is 17.5 Å². The minimum atomic E-state index is -0.346. The molecule has 1 aliphatic rings. The lowest BCUT2D eigenvalue weighted by molar-refractivity contribution is 0.0420. The van der Waals surface area contributed by atoms with Crippen LogP contribution in [0, 0.1) is 5.82 Å². The van der Waals surface area contributed by atoms with Crippen LogP contribution in [0.15, 0.2) is 29.3 Å². The van der Waals surface area contributed by atoms with Gasteiger partial charge in [0.1, 0.15) is 6.10 Å². The maximum atomic E-state index is 13.7. The molecule has 0 bridgehead atoms. The predicted molar refractivity (Wildman–Crippen MR) is 100 cm³/mol. The Bertz CT molecular complexity index is 551. The monoisotopic (exact) mass is 367 g/mol. The molecule has 26 heavy (non-hydrogen) atoms. The number of hydrogen-bond acceptors (Lipinski definition) is 4. The molecule has 0 aliphatic carbocycles. The van der Waals surface area contributed by atoms with Crippen molar-refractivity contribution < 1.29 is 18.6 Å². The quantitative estimate of drug-likeness (QED) is 0.378. The third-order valence-electron chi connectivity index (χ3n) is 4.16. The lowest BCUT2D eigenvalue weighted by Gasteiger charge is -2.20. The largest absolute Gasteiger partial charge is 0.486 e. The van der Waals surface area contributed by atoms with Gasteiger partial charge in [-0.05, 0) is 31.4 Å². The Labute approximate surface area is 155 Å². The summed E-state index contributed by atoms with van der Waals surface area (Å²) in [4.78, 5) is 4.20. The highest BCUT2D eigenvalue weighted by Gasteiger charge is 2.15. The molecule has 0 aromatic heterocycles. The van der Waals surface area contributed by atoms with Crippen molar-refractivity contribution in [2.24, 2.45) is 4.99 Å². The zero-order valence-corrected chi connectivity index (χ0v) is 15.7. The SMILES string of the molecule is CCC(CNC(=NC)NCCCOC1CCOC1)Oc1ccccc1F. The smallest absolute Gasteiger partial charge is 0.191 e. The summed E-state index contributed by atoms with van der Waals surface area (Å²) in [7, 11) is 1.72. The molecule has 0 spiro atoms. The van der Waals surface area contributed by atoms with Crippen LogP contribution in [-0.2, 0) is 9.47 Å². The van der Waals surface area contributed by atoms with Crippen LogP contribution in [0.25, 0.3) is 0 Å². The van der Waals surface area contributed by atoms with Crippen molar-refractivity contribution >= 4 is 5.96 Å². The van der Waals surface area contributed by atoms with E-state index in [4.69, 9.17) is 14.2 Å². The van der Waals surface area contributed by atoms with Gasteiger partial charge in [0.2, 0.25) is 0 Å². The zero-order chi connectivity index (χ0) is 18.6. The van der Waals surface area contributed by atoms with Gasteiger partial charge in [0.25, 0.3) is 0 Å². The number of para-hydroxylation sites is 1. The highest BCUT2D eigenvalue weighted by molar-refractivity contribution is 5.79. The van der Waals surface area contributed by atoms with E-state index in [1.54, 1.807) is 25.2 Å². The summed E-state index contributed by atoms with van der Waals surface area (Å²) >= 11 is 0. The summed E-state index contributed by atoms with van der Waals surface area (Å²) in [5.74, 6) is 0.628. The topological polar surface area (TPSA) is 64.1 Å². The first-order valence-corrected chi connectivity index (χ1v) is 9.28. The molecule has 0 radical (unpaired) electrons. The van der Waals surface area contributed by atoms with E-state index in [2.05, 4.69) is 15.6 Å². The van der Waals surface area contributed by atoms with E-state index in [0.717, 1.165) is 32.4 Å². The molecule has 6 nitrogen and oxygen atoms in total. The predicted octanol–water partition coefficient (Wildman–Crippen LogP) is 2.34. The molecular weight excluding hydrogens is 337 g/mol. The first-order valence-electron chi connectivity index (χ1n) is 9.28. The van der Waals surface area contributed by atoms with Crippen molar-refractivity contribution in [1.82, 2.24) is 10.6 Å². The third-order valence-corrected chi connectivity index (χ3v) is 4.16. The summed E-state index contributed by atoms with van der Waals surface area (Å²) in [6, 6.07) is 6.45. The van der Waals surface area contributed by atoms with Crippen LogP contribution in [-0.4, -0.2) is 58.1 Å². The summed E-state index contributed by atoms with van der Waals surface area (Å²) in [5.41, 5.74) is 0. The fraction of sp³-hybridized carbons (Fsp3) is 0.632. The fourth-order valence-electron chi connectivity index (χ4n) is 2.59. The molecule has 1 aromatic rings. The standard InChI is InChI=1S/C19H30FN3O3/c1-3-15(26-18-8-5-4-7-17(18)20)13-23-19(21-2)22-10-6-11-25-16-9-12-24-14-16/h4-5,7-8,15-16H,3,6,9-14H2,1-2H3,(H2,21,22,23). The van der Waals surface area contributed by atoms with Gasteiger partial charge in [-0.1, -0.05) is 19.1 Å². The summed E-state index contributed by atoms with van der Waals surface area (Å²) < 4.78 is 30.4. The van der Waals surface area contributed by atoms with Crippen molar-refractivity contribution in [3.05, 3.63) is 30.1 Å². The van der Waals surface area contributed by atoms with Crippen LogP contribution in [0.1, 0.15) is 26.2 Å². The van der Waals surface area contributed by atoms with E-state index in [1.807, 2.05) is 6.92 Å². The third kappa shape index (κ3) is 7.17. The van der Waals surface area contributed by atoms with Crippen molar-refractivity contribution in [3.63, 3.8) is 0 Å². The molecule has 1 aliphatic heterocycles. The van der Waals surface area contributed by atoms with Crippen LogP contribution in [0.4, 0.5) is 4.39 Å². The van der Waals surface area contributed by atoms with Crippen LogP contribution in [0.3, 0.4) is 0 Å². The molecule has 146 valence electrons. The maximum Gasteiger partial charge on any atom is 0.191 e. The van der Waals surface area contributed by atoms with Gasteiger partial charge < -0.3 is 24.8 Å². The number of hydrogen-bond donors (Lipinski definition) is 2. The van der Waals surface area contributed by atoms with Crippen molar-refractivity contribution in [3.8, 4) is 5.75 Å². The van der Waals surface area contributed by atoms with Crippen LogP contribution >= 0.6 is 0 Å². The number of nitrogens with one attached hydrogen (secondary N) is 2. The Morgan fingerprint density at radius 3 is 2.92 bits per heavy atom. The molecule has 0 saturated carbocycles. The second kappa shape index (κ2) is 11.7. The van der Waals surface area contributed by atoms with E-state index in [0.29, 0.717) is 25.7 Å². The Morgan fingerprint density at radius 2 is 2.23 bits per heavy atom. The average molecular weight is 367 g/mol. The zero-order valence-electron chi connectivity index (χ0n) is 15.7. The summed E-state index contributed by atoms with van der Waals surface area (Å²) in [6.07, 6.45) is 2.73. The molecular formula is C19H30FN3O3. The lowest BCUT2D eigenvalue weighted by atomic mass is 10.2. The number of halogens is 1. The van der Waals surface area contributed by atoms with Crippen molar-refractivity contribution in [2.75, 3.05) is 40.0 Å². The van der Waals surface area contributed by atoms with Crippen LogP contribution in [0.2, 0.25) is 0 Å². The molecule has 2 unspecified atom stereocenters. The Morgan fingerprint density at radius 1 is 1.38 bits per heavy atom. The molecule has 7 heteroatoms. The van der Waals surface area contributed by atoms with Crippen LogP contribution in [0.5, 0.6) is 5.75 Å². The fourth-order valence-corrected chi connectivity index (χ4v) is 2.59. The first-order chi connectivity index (χ1) is 12.7. The van der Waals surface area contributed by atoms with Crippen LogP contribution < -0.4 is 15.4 Å². The number of nitrogens with zero attached hydrogens (tertiary/aromatic N) is 1. The Balaban J connectivity index is 1.63. The van der Waals surface area contributed by atoms with E-state index < -0.39 is 0 Å². The molecule has 1 aromatic carbocycles. The first kappa shape index (κ1) is 20.5. The minimum absolute atomic E-state index is 0.142. The number of benzene rings is 1. The molecule has 2 rings (SSSR count). The Kier molecular flexibility index (Phi) is 9.20. The normalized spacial score (nSPS) is 18.6. The number of rotatable bonds is 10. The lowest BCUT2D eigenvalue weighted by Crippen LogP contribution is -2.43.